The maximum Gasteiger partial charge on any atom is 0.323 e. The number of urea groups is 1. The molecule has 3 aromatic carbocycles. The van der Waals surface area contributed by atoms with E-state index in [-0.39, 0.29) is 18.3 Å². The Morgan fingerprint density at radius 3 is 1.72 bits per heavy atom. The van der Waals surface area contributed by atoms with Gasteiger partial charge in [-0.3, -0.25) is 14.8 Å². The molecule has 2 heterocycles. The van der Waals surface area contributed by atoms with Crippen molar-refractivity contribution >= 4 is 53.1 Å². The molecule has 0 aliphatic carbocycles. The molecule has 0 spiro atoms. The van der Waals surface area contributed by atoms with Gasteiger partial charge in [-0.1, -0.05) is 6.07 Å². The number of hydrogen-bond donors (Lipinski definition) is 5. The molecular formula is C26H26ClN7O2. The molecule has 9 nitrogen and oxygen atoms in total. The molecule has 36 heavy (non-hydrogen) atoms. The molecule has 184 valence electrons. The predicted octanol–water partition coefficient (Wildman–Crippen LogP) is 3.70. The van der Waals surface area contributed by atoms with Crippen molar-refractivity contribution in [1.29, 1.82) is 0 Å². The summed E-state index contributed by atoms with van der Waals surface area (Å²) in [6, 6.07) is 21.3. The van der Waals surface area contributed by atoms with Crippen molar-refractivity contribution in [3.8, 4) is 0 Å². The van der Waals surface area contributed by atoms with E-state index < -0.39 is 6.03 Å². The SMILES string of the molecule is Cl.O=C(Nc1ccc(C2=NCCN2)cc1)Nc1cccc(C(=O)Nc2ccc(C3=NCCN3)cc2)c1. The number of rotatable bonds is 6. The van der Waals surface area contributed by atoms with Gasteiger partial charge in [-0.2, -0.15) is 0 Å². The first-order valence-electron chi connectivity index (χ1n) is 11.4. The summed E-state index contributed by atoms with van der Waals surface area (Å²) < 4.78 is 0. The lowest BCUT2D eigenvalue weighted by Gasteiger charge is -2.11. The molecule has 3 aromatic rings. The van der Waals surface area contributed by atoms with Crippen LogP contribution in [0.3, 0.4) is 0 Å². The number of halogens is 1. The lowest BCUT2D eigenvalue weighted by molar-refractivity contribution is 0.102. The summed E-state index contributed by atoms with van der Waals surface area (Å²) >= 11 is 0. The fourth-order valence-corrected chi connectivity index (χ4v) is 3.84. The monoisotopic (exact) mass is 503 g/mol. The van der Waals surface area contributed by atoms with E-state index in [2.05, 4.69) is 36.6 Å². The average molecular weight is 504 g/mol. The van der Waals surface area contributed by atoms with Crippen LogP contribution in [0.5, 0.6) is 0 Å². The molecule has 0 aromatic heterocycles. The summed E-state index contributed by atoms with van der Waals surface area (Å²) in [5.74, 6) is 1.47. The maximum atomic E-state index is 12.7. The Hall–Kier alpha value is -4.37. The molecule has 0 atom stereocenters. The molecular weight excluding hydrogens is 478 g/mol. The van der Waals surface area contributed by atoms with Crippen molar-refractivity contribution < 1.29 is 9.59 Å². The van der Waals surface area contributed by atoms with Gasteiger partial charge in [0.1, 0.15) is 11.7 Å². The van der Waals surface area contributed by atoms with Gasteiger partial charge < -0.3 is 26.6 Å². The van der Waals surface area contributed by atoms with Crippen LogP contribution in [-0.2, 0) is 0 Å². The van der Waals surface area contributed by atoms with Gasteiger partial charge in [-0.15, -0.1) is 12.4 Å². The number of amidine groups is 2. The number of benzene rings is 3. The van der Waals surface area contributed by atoms with Crippen LogP contribution in [-0.4, -0.2) is 49.8 Å². The summed E-state index contributed by atoms with van der Waals surface area (Å²) in [4.78, 5) is 34.0. The van der Waals surface area contributed by atoms with Gasteiger partial charge in [0.25, 0.3) is 5.91 Å². The second-order valence-electron chi connectivity index (χ2n) is 8.08. The average Bonchev–Trinajstić information content (AvgIpc) is 3.60. The Morgan fingerprint density at radius 1 is 0.667 bits per heavy atom. The number of anilines is 3. The highest BCUT2D eigenvalue weighted by Gasteiger charge is 2.12. The molecule has 0 unspecified atom stereocenters. The fourth-order valence-electron chi connectivity index (χ4n) is 3.84. The molecule has 5 rings (SSSR count). The van der Waals surface area contributed by atoms with Crippen LogP contribution in [0.25, 0.3) is 0 Å². The summed E-state index contributed by atoms with van der Waals surface area (Å²) in [5.41, 5.74) is 4.23. The lowest BCUT2D eigenvalue weighted by atomic mass is 10.1. The first kappa shape index (κ1) is 24.7. The van der Waals surface area contributed by atoms with Gasteiger partial charge in [0.05, 0.1) is 13.1 Å². The maximum absolute atomic E-state index is 12.7. The smallest absolute Gasteiger partial charge is 0.323 e. The summed E-state index contributed by atoms with van der Waals surface area (Å²) in [6.45, 7) is 3.23. The van der Waals surface area contributed by atoms with E-state index in [0.29, 0.717) is 22.6 Å². The van der Waals surface area contributed by atoms with Crippen molar-refractivity contribution in [3.63, 3.8) is 0 Å². The largest absolute Gasteiger partial charge is 0.368 e. The highest BCUT2D eigenvalue weighted by atomic mass is 35.5. The minimum absolute atomic E-state index is 0. The Kier molecular flexibility index (Phi) is 7.82. The number of carbonyl (C=O) groups excluding carboxylic acids is 2. The molecule has 2 aliphatic rings. The Labute approximate surface area is 214 Å². The molecule has 0 bridgehead atoms. The Balaban J connectivity index is 0.00000304. The second-order valence-corrected chi connectivity index (χ2v) is 8.08. The van der Waals surface area contributed by atoms with E-state index in [0.717, 1.165) is 49.0 Å². The summed E-state index contributed by atoms with van der Waals surface area (Å²) in [6.07, 6.45) is 0. The van der Waals surface area contributed by atoms with E-state index in [1.807, 2.05) is 48.5 Å². The second kappa shape index (κ2) is 11.4. The van der Waals surface area contributed by atoms with E-state index in [1.165, 1.54) is 0 Å². The van der Waals surface area contributed by atoms with Crippen LogP contribution in [0.4, 0.5) is 21.9 Å². The van der Waals surface area contributed by atoms with Crippen LogP contribution >= 0.6 is 12.4 Å². The van der Waals surface area contributed by atoms with Crippen molar-refractivity contribution in [2.24, 2.45) is 9.98 Å². The van der Waals surface area contributed by atoms with Crippen molar-refractivity contribution in [2.45, 2.75) is 0 Å². The highest BCUT2D eigenvalue weighted by Crippen LogP contribution is 2.16. The number of aliphatic imine (C=N–C) groups is 2. The normalized spacial score (nSPS) is 13.9. The van der Waals surface area contributed by atoms with Gasteiger partial charge in [-0.05, 0) is 66.7 Å². The van der Waals surface area contributed by atoms with Gasteiger partial charge in [0.2, 0.25) is 0 Å². The van der Waals surface area contributed by atoms with Crippen molar-refractivity contribution in [2.75, 3.05) is 42.1 Å². The molecule has 0 radical (unpaired) electrons. The minimum atomic E-state index is -0.398. The van der Waals surface area contributed by atoms with Crippen molar-refractivity contribution in [3.05, 3.63) is 89.5 Å². The summed E-state index contributed by atoms with van der Waals surface area (Å²) in [5, 5.41) is 14.9. The predicted molar refractivity (Wildman–Crippen MR) is 146 cm³/mol. The fraction of sp³-hybridized carbons (Fsp3) is 0.154. The van der Waals surface area contributed by atoms with E-state index in [9.17, 15) is 9.59 Å². The third kappa shape index (κ3) is 6.00. The van der Waals surface area contributed by atoms with E-state index >= 15 is 0 Å². The number of amides is 3. The van der Waals surface area contributed by atoms with Crippen LogP contribution in [0.2, 0.25) is 0 Å². The number of hydrogen-bond acceptors (Lipinski definition) is 6. The first-order chi connectivity index (χ1) is 17.1. The third-order valence-corrected chi connectivity index (χ3v) is 5.56. The number of carbonyl (C=O) groups is 2. The van der Waals surface area contributed by atoms with Gasteiger partial charge in [-0.25, -0.2) is 4.79 Å². The molecule has 0 fully saturated rings. The van der Waals surface area contributed by atoms with E-state index in [1.54, 1.807) is 24.3 Å². The standard InChI is InChI=1S/C26H25N7O2.ClH/c34-25(31-20-8-4-17(5-9-20)23-27-12-13-28-23)19-2-1-3-22(16-19)33-26(35)32-21-10-6-18(7-11-21)24-29-14-15-30-24;/h1-11,16H,12-15H2,(H,27,28)(H,29,30)(H,31,34)(H2,32,33,35);1H. The van der Waals surface area contributed by atoms with Crippen LogP contribution in [0, 0.1) is 0 Å². The minimum Gasteiger partial charge on any atom is -0.368 e. The Bertz CT molecular complexity index is 1300. The summed E-state index contributed by atoms with van der Waals surface area (Å²) in [7, 11) is 0. The molecule has 5 N–H and O–H groups in total. The first-order valence-corrected chi connectivity index (χ1v) is 11.4. The Morgan fingerprint density at radius 2 is 1.19 bits per heavy atom. The highest BCUT2D eigenvalue weighted by molar-refractivity contribution is 6.07. The van der Waals surface area contributed by atoms with Gasteiger partial charge in [0.15, 0.2) is 0 Å². The van der Waals surface area contributed by atoms with Crippen molar-refractivity contribution in [1.82, 2.24) is 10.6 Å². The lowest BCUT2D eigenvalue weighted by Crippen LogP contribution is -2.21. The van der Waals surface area contributed by atoms with E-state index in [4.69, 9.17) is 0 Å². The molecule has 10 heteroatoms. The third-order valence-electron chi connectivity index (χ3n) is 5.56. The number of nitrogens with zero attached hydrogens (tertiary/aromatic N) is 2. The molecule has 3 amide bonds. The topological polar surface area (TPSA) is 119 Å². The van der Waals surface area contributed by atoms with Crippen LogP contribution < -0.4 is 26.6 Å². The zero-order valence-corrected chi connectivity index (χ0v) is 20.2. The van der Waals surface area contributed by atoms with Crippen LogP contribution in [0.1, 0.15) is 21.5 Å². The number of nitrogens with one attached hydrogen (secondary N) is 5. The van der Waals surface area contributed by atoms with Gasteiger partial charge >= 0.3 is 6.03 Å². The molecule has 0 saturated carbocycles. The molecule has 0 saturated heterocycles. The zero-order chi connectivity index (χ0) is 24.0. The quantitative estimate of drug-likeness (QED) is 0.352. The zero-order valence-electron chi connectivity index (χ0n) is 19.4. The van der Waals surface area contributed by atoms with Gasteiger partial charge in [0, 0.05) is 46.8 Å². The van der Waals surface area contributed by atoms with Crippen LogP contribution in [0.15, 0.2) is 82.8 Å². The molecule has 2 aliphatic heterocycles.